The molecule has 1 aliphatic heterocycles. The van der Waals surface area contributed by atoms with Crippen LogP contribution in [0.5, 0.6) is 0 Å². The van der Waals surface area contributed by atoms with E-state index in [0.29, 0.717) is 13.1 Å². The first-order valence-corrected chi connectivity index (χ1v) is 7.72. The predicted molar refractivity (Wildman–Crippen MR) is 87.7 cm³/mol. The summed E-state index contributed by atoms with van der Waals surface area (Å²) in [6.45, 7) is 9.07. The Morgan fingerprint density at radius 3 is 2.14 bits per heavy atom. The van der Waals surface area contributed by atoms with Gasteiger partial charge in [-0.15, -0.1) is 0 Å². The second kappa shape index (κ2) is 6.24. The van der Waals surface area contributed by atoms with Crippen LogP contribution in [0.2, 0.25) is 5.02 Å². The van der Waals surface area contributed by atoms with Crippen molar-refractivity contribution in [2.75, 3.05) is 31.1 Å². The molecular weight excluding hydrogens is 286 g/mol. The summed E-state index contributed by atoms with van der Waals surface area (Å²) in [6, 6.07) is 7.37. The Morgan fingerprint density at radius 1 is 1.14 bits per heavy atom. The van der Waals surface area contributed by atoms with E-state index in [4.69, 9.17) is 17.3 Å². The predicted octanol–water partition coefficient (Wildman–Crippen LogP) is 2.36. The van der Waals surface area contributed by atoms with Crippen LogP contribution in [0.25, 0.3) is 0 Å². The summed E-state index contributed by atoms with van der Waals surface area (Å²) < 4.78 is 0. The summed E-state index contributed by atoms with van der Waals surface area (Å²) in [4.78, 5) is 16.5. The van der Waals surface area contributed by atoms with E-state index in [1.165, 1.54) is 0 Å². The van der Waals surface area contributed by atoms with Gasteiger partial charge in [-0.2, -0.15) is 0 Å². The maximum Gasteiger partial charge on any atom is 0.240 e. The van der Waals surface area contributed by atoms with Crippen LogP contribution >= 0.6 is 11.6 Å². The maximum absolute atomic E-state index is 12.4. The molecule has 0 bridgehead atoms. The van der Waals surface area contributed by atoms with Gasteiger partial charge in [0.15, 0.2) is 0 Å². The number of carbonyl (C=O) groups excluding carboxylic acids is 1. The maximum atomic E-state index is 12.4. The van der Waals surface area contributed by atoms with Crippen LogP contribution < -0.4 is 10.6 Å². The SMILES string of the molecule is CC(C)(C)C(N)C(=O)N1CCN(c2ccc(Cl)cc2)CC1. The molecule has 2 N–H and O–H groups in total. The number of piperazine rings is 1. The fourth-order valence-corrected chi connectivity index (χ4v) is 2.53. The van der Waals surface area contributed by atoms with Crippen LogP contribution in [-0.2, 0) is 4.79 Å². The van der Waals surface area contributed by atoms with E-state index in [2.05, 4.69) is 4.90 Å². The van der Waals surface area contributed by atoms with E-state index >= 15 is 0 Å². The molecule has 1 fully saturated rings. The van der Waals surface area contributed by atoms with Gasteiger partial charge in [-0.3, -0.25) is 4.79 Å². The molecule has 21 heavy (non-hydrogen) atoms. The summed E-state index contributed by atoms with van der Waals surface area (Å²) in [6.07, 6.45) is 0. The van der Waals surface area contributed by atoms with Gasteiger partial charge < -0.3 is 15.5 Å². The molecule has 116 valence electrons. The van der Waals surface area contributed by atoms with Gasteiger partial charge in [0.1, 0.15) is 0 Å². The molecule has 1 aromatic rings. The molecule has 0 spiro atoms. The number of nitrogens with zero attached hydrogens (tertiary/aromatic N) is 2. The van der Waals surface area contributed by atoms with Gasteiger partial charge in [-0.1, -0.05) is 32.4 Å². The van der Waals surface area contributed by atoms with Gasteiger partial charge in [0.25, 0.3) is 0 Å². The van der Waals surface area contributed by atoms with Crippen molar-refractivity contribution in [2.24, 2.45) is 11.1 Å². The first-order chi connectivity index (χ1) is 9.79. The average Bonchev–Trinajstić information content (AvgIpc) is 2.46. The molecule has 0 aromatic heterocycles. The van der Waals surface area contributed by atoms with Gasteiger partial charge in [0.05, 0.1) is 6.04 Å². The van der Waals surface area contributed by atoms with Crippen molar-refractivity contribution in [1.82, 2.24) is 4.90 Å². The third-order valence-corrected chi connectivity index (χ3v) is 4.23. The molecule has 1 heterocycles. The molecule has 1 saturated heterocycles. The zero-order valence-corrected chi connectivity index (χ0v) is 13.7. The molecular formula is C16H24ClN3O. The highest BCUT2D eigenvalue weighted by Gasteiger charge is 2.32. The highest BCUT2D eigenvalue weighted by Crippen LogP contribution is 2.22. The zero-order valence-electron chi connectivity index (χ0n) is 13.0. The highest BCUT2D eigenvalue weighted by atomic mass is 35.5. The van der Waals surface area contributed by atoms with Crippen molar-refractivity contribution in [3.63, 3.8) is 0 Å². The molecule has 1 unspecified atom stereocenters. The summed E-state index contributed by atoms with van der Waals surface area (Å²) in [7, 11) is 0. The van der Waals surface area contributed by atoms with E-state index in [1.54, 1.807) is 0 Å². The number of rotatable bonds is 2. The van der Waals surface area contributed by atoms with Crippen molar-refractivity contribution in [2.45, 2.75) is 26.8 Å². The molecule has 0 saturated carbocycles. The molecule has 0 aliphatic carbocycles. The van der Waals surface area contributed by atoms with Gasteiger partial charge in [0, 0.05) is 36.9 Å². The van der Waals surface area contributed by atoms with Crippen molar-refractivity contribution in [3.05, 3.63) is 29.3 Å². The number of hydrogen-bond donors (Lipinski definition) is 1. The number of halogens is 1. The Balaban J connectivity index is 1.94. The van der Waals surface area contributed by atoms with Gasteiger partial charge in [0.2, 0.25) is 5.91 Å². The monoisotopic (exact) mass is 309 g/mol. The fourth-order valence-electron chi connectivity index (χ4n) is 2.40. The fraction of sp³-hybridized carbons (Fsp3) is 0.562. The zero-order chi connectivity index (χ0) is 15.6. The second-order valence-electron chi connectivity index (χ2n) is 6.63. The van der Waals surface area contributed by atoms with Crippen LogP contribution in [-0.4, -0.2) is 43.0 Å². The van der Waals surface area contributed by atoms with Crippen molar-refractivity contribution < 1.29 is 4.79 Å². The molecule has 1 aliphatic rings. The number of nitrogens with two attached hydrogens (primary N) is 1. The summed E-state index contributed by atoms with van der Waals surface area (Å²) in [5.74, 6) is 0.0539. The van der Waals surface area contributed by atoms with Crippen LogP contribution in [0.4, 0.5) is 5.69 Å². The van der Waals surface area contributed by atoms with Crippen LogP contribution in [0.15, 0.2) is 24.3 Å². The van der Waals surface area contributed by atoms with E-state index in [9.17, 15) is 4.79 Å². The Morgan fingerprint density at radius 2 is 1.67 bits per heavy atom. The minimum atomic E-state index is -0.445. The topological polar surface area (TPSA) is 49.6 Å². The van der Waals surface area contributed by atoms with Crippen molar-refractivity contribution >= 4 is 23.2 Å². The van der Waals surface area contributed by atoms with Crippen molar-refractivity contribution in [1.29, 1.82) is 0 Å². The molecule has 5 heteroatoms. The van der Waals surface area contributed by atoms with Gasteiger partial charge in [-0.25, -0.2) is 0 Å². The standard InChI is InChI=1S/C16H24ClN3O/c1-16(2,3)14(18)15(21)20-10-8-19(9-11-20)13-6-4-12(17)5-7-13/h4-7,14H,8-11,18H2,1-3H3. The third kappa shape index (κ3) is 3.89. The first kappa shape index (κ1) is 16.1. The highest BCUT2D eigenvalue weighted by molar-refractivity contribution is 6.30. The van der Waals surface area contributed by atoms with Crippen LogP contribution in [0.1, 0.15) is 20.8 Å². The minimum absolute atomic E-state index is 0.0539. The summed E-state index contributed by atoms with van der Waals surface area (Å²) >= 11 is 5.91. The number of benzene rings is 1. The number of amides is 1. The minimum Gasteiger partial charge on any atom is -0.368 e. The van der Waals surface area contributed by atoms with E-state index in [1.807, 2.05) is 49.9 Å². The molecule has 0 radical (unpaired) electrons. The lowest BCUT2D eigenvalue weighted by Crippen LogP contribution is -2.56. The Kier molecular flexibility index (Phi) is 4.79. The Labute approximate surface area is 131 Å². The average molecular weight is 310 g/mol. The van der Waals surface area contributed by atoms with Crippen molar-refractivity contribution in [3.8, 4) is 0 Å². The lowest BCUT2D eigenvalue weighted by Gasteiger charge is -2.39. The third-order valence-electron chi connectivity index (χ3n) is 3.98. The lowest BCUT2D eigenvalue weighted by molar-refractivity contribution is -0.135. The van der Waals surface area contributed by atoms with E-state index < -0.39 is 6.04 Å². The largest absolute Gasteiger partial charge is 0.368 e. The van der Waals surface area contributed by atoms with Gasteiger partial charge >= 0.3 is 0 Å². The lowest BCUT2D eigenvalue weighted by atomic mass is 9.86. The number of anilines is 1. The summed E-state index contributed by atoms with van der Waals surface area (Å²) in [5.41, 5.74) is 7.01. The molecule has 1 aromatic carbocycles. The molecule has 4 nitrogen and oxygen atoms in total. The van der Waals surface area contributed by atoms with Crippen LogP contribution in [0.3, 0.4) is 0 Å². The van der Waals surface area contributed by atoms with Gasteiger partial charge in [-0.05, 0) is 29.7 Å². The molecule has 1 atom stereocenters. The Bertz CT molecular complexity index is 487. The molecule has 2 rings (SSSR count). The van der Waals surface area contributed by atoms with E-state index in [-0.39, 0.29) is 11.3 Å². The quantitative estimate of drug-likeness (QED) is 0.912. The van der Waals surface area contributed by atoms with Crippen LogP contribution in [0, 0.1) is 5.41 Å². The number of carbonyl (C=O) groups is 1. The Hall–Kier alpha value is -1.26. The van der Waals surface area contributed by atoms with E-state index in [0.717, 1.165) is 23.8 Å². The normalized spacial score (nSPS) is 17.8. The molecule has 1 amide bonds. The smallest absolute Gasteiger partial charge is 0.240 e. The second-order valence-corrected chi connectivity index (χ2v) is 7.07. The summed E-state index contributed by atoms with van der Waals surface area (Å²) in [5, 5.41) is 0.740. The first-order valence-electron chi connectivity index (χ1n) is 7.34. The number of hydrogen-bond acceptors (Lipinski definition) is 3.